The molecule has 3 heterocycles. The number of carbonyl (C=O) groups is 1. The molecule has 1 amide bonds. The minimum Gasteiger partial charge on any atom is -0.489 e. The second kappa shape index (κ2) is 9.57. The summed E-state index contributed by atoms with van der Waals surface area (Å²) in [7, 11) is 1.45. The average Bonchev–Trinajstić information content (AvgIpc) is 2.88. The van der Waals surface area contributed by atoms with E-state index < -0.39 is 17.6 Å². The van der Waals surface area contributed by atoms with Gasteiger partial charge in [-0.25, -0.2) is 4.98 Å². The minimum absolute atomic E-state index is 0.160. The van der Waals surface area contributed by atoms with E-state index >= 15 is 0 Å². The van der Waals surface area contributed by atoms with Gasteiger partial charge in [0.1, 0.15) is 18.2 Å². The number of carbonyl (C=O) groups excluding carboxylic acids is 1. The van der Waals surface area contributed by atoms with Crippen molar-refractivity contribution in [2.45, 2.75) is 12.2 Å². The SMILES string of the molecule is CNC(=O)c1ccccc1Nc1cc(Nc2ccc3c(c2)OCC2COCCN32)ncc1C(F)(F)F. The number of hydrogen-bond acceptors (Lipinski definition) is 7. The van der Waals surface area contributed by atoms with Gasteiger partial charge in [0.2, 0.25) is 0 Å². The van der Waals surface area contributed by atoms with E-state index in [0.717, 1.165) is 18.4 Å². The van der Waals surface area contributed by atoms with Crippen LogP contribution in [0, 0.1) is 0 Å². The van der Waals surface area contributed by atoms with E-state index in [9.17, 15) is 18.0 Å². The van der Waals surface area contributed by atoms with E-state index in [-0.39, 0.29) is 28.8 Å². The first kappa shape index (κ1) is 23.7. The van der Waals surface area contributed by atoms with Crippen molar-refractivity contribution in [2.75, 3.05) is 48.9 Å². The molecule has 0 aliphatic carbocycles. The number of aromatic nitrogens is 1. The number of hydrogen-bond donors (Lipinski definition) is 3. The molecule has 0 spiro atoms. The van der Waals surface area contributed by atoms with Crippen LogP contribution in [0.3, 0.4) is 0 Å². The van der Waals surface area contributed by atoms with Crippen LogP contribution in [-0.2, 0) is 10.9 Å². The number of amides is 1. The molecular weight excluding hydrogens is 475 g/mol. The van der Waals surface area contributed by atoms with Gasteiger partial charge < -0.3 is 30.3 Å². The van der Waals surface area contributed by atoms with Crippen molar-refractivity contribution in [1.29, 1.82) is 0 Å². The van der Waals surface area contributed by atoms with E-state index in [1.165, 1.54) is 25.2 Å². The third-order valence-electron chi connectivity index (χ3n) is 6.08. The van der Waals surface area contributed by atoms with Gasteiger partial charge in [-0.3, -0.25) is 4.79 Å². The summed E-state index contributed by atoms with van der Waals surface area (Å²) in [5.41, 5.74) is 0.834. The molecule has 2 aliphatic rings. The number of nitrogens with one attached hydrogen (secondary N) is 3. The fraction of sp³-hybridized carbons (Fsp3) is 0.280. The maximum atomic E-state index is 13.7. The number of benzene rings is 2. The Hall–Kier alpha value is -3.99. The van der Waals surface area contributed by atoms with Gasteiger partial charge in [-0.15, -0.1) is 0 Å². The van der Waals surface area contributed by atoms with Gasteiger partial charge in [0.15, 0.2) is 0 Å². The number of alkyl halides is 3. The highest BCUT2D eigenvalue weighted by molar-refractivity contribution is 6.00. The molecule has 1 saturated heterocycles. The van der Waals surface area contributed by atoms with Gasteiger partial charge in [0, 0.05) is 37.6 Å². The smallest absolute Gasteiger partial charge is 0.419 e. The summed E-state index contributed by atoms with van der Waals surface area (Å²) in [6.07, 6.45) is -3.88. The Morgan fingerprint density at radius 1 is 1.08 bits per heavy atom. The second-order valence-corrected chi connectivity index (χ2v) is 8.40. The molecule has 36 heavy (non-hydrogen) atoms. The molecule has 0 saturated carbocycles. The number of para-hydroxylation sites is 1. The third-order valence-corrected chi connectivity index (χ3v) is 6.08. The van der Waals surface area contributed by atoms with Gasteiger partial charge in [-0.2, -0.15) is 13.2 Å². The van der Waals surface area contributed by atoms with Crippen LogP contribution in [-0.4, -0.2) is 50.3 Å². The zero-order chi connectivity index (χ0) is 25.3. The van der Waals surface area contributed by atoms with Crippen LogP contribution >= 0.6 is 0 Å². The normalized spacial score (nSPS) is 16.9. The van der Waals surface area contributed by atoms with Crippen LogP contribution < -0.4 is 25.6 Å². The van der Waals surface area contributed by atoms with Crippen molar-refractivity contribution in [1.82, 2.24) is 10.3 Å². The van der Waals surface area contributed by atoms with Crippen molar-refractivity contribution in [3.63, 3.8) is 0 Å². The molecule has 1 unspecified atom stereocenters. The lowest BCUT2D eigenvalue weighted by Crippen LogP contribution is -2.51. The number of ether oxygens (including phenoxy) is 2. The van der Waals surface area contributed by atoms with Crippen LogP contribution in [0.15, 0.2) is 54.7 Å². The largest absolute Gasteiger partial charge is 0.489 e. The van der Waals surface area contributed by atoms with E-state index in [1.807, 2.05) is 12.1 Å². The number of rotatable bonds is 5. The Kier molecular flexibility index (Phi) is 6.31. The summed E-state index contributed by atoms with van der Waals surface area (Å²) in [6.45, 7) is 2.51. The standard InChI is InChI=1S/C25H24F3N5O3/c1-29-24(34)17-4-2-3-5-19(17)32-20-11-23(30-12-18(20)25(26,27)28)31-15-6-7-21-22(10-15)36-14-16-13-35-9-8-33(16)21/h2-7,10-12,16H,8-9,13-14H2,1H3,(H,29,34)(H2,30,31,32). The summed E-state index contributed by atoms with van der Waals surface area (Å²) in [6, 6.07) is 13.3. The van der Waals surface area contributed by atoms with Gasteiger partial charge in [0.25, 0.3) is 5.91 Å². The molecule has 8 nitrogen and oxygen atoms in total. The molecular formula is C25H24F3N5O3. The number of morpholine rings is 1. The first-order valence-corrected chi connectivity index (χ1v) is 11.4. The maximum absolute atomic E-state index is 13.7. The number of halogens is 3. The predicted octanol–water partition coefficient (Wildman–Crippen LogP) is 4.54. The fourth-order valence-electron chi connectivity index (χ4n) is 4.31. The Labute approximate surface area is 205 Å². The van der Waals surface area contributed by atoms with Gasteiger partial charge >= 0.3 is 6.18 Å². The number of anilines is 5. The first-order valence-electron chi connectivity index (χ1n) is 11.4. The molecule has 1 aromatic heterocycles. The van der Waals surface area contributed by atoms with Crippen molar-refractivity contribution >= 4 is 34.5 Å². The molecule has 188 valence electrons. The number of pyridine rings is 1. The highest BCUT2D eigenvalue weighted by atomic mass is 19.4. The number of fused-ring (bicyclic) bond motifs is 3. The topological polar surface area (TPSA) is 87.8 Å². The Bertz CT molecular complexity index is 1280. The lowest BCUT2D eigenvalue weighted by atomic mass is 10.1. The summed E-state index contributed by atoms with van der Waals surface area (Å²) < 4.78 is 52.7. The Morgan fingerprint density at radius 2 is 1.92 bits per heavy atom. The van der Waals surface area contributed by atoms with Gasteiger partial charge in [-0.1, -0.05) is 12.1 Å². The molecule has 2 aliphatic heterocycles. The van der Waals surface area contributed by atoms with Crippen molar-refractivity contribution in [3.8, 4) is 5.75 Å². The molecule has 11 heteroatoms. The van der Waals surface area contributed by atoms with Gasteiger partial charge in [-0.05, 0) is 24.3 Å². The van der Waals surface area contributed by atoms with Crippen LogP contribution in [0.1, 0.15) is 15.9 Å². The Morgan fingerprint density at radius 3 is 2.72 bits per heavy atom. The lowest BCUT2D eigenvalue weighted by molar-refractivity contribution is -0.137. The van der Waals surface area contributed by atoms with Crippen molar-refractivity contribution in [2.24, 2.45) is 0 Å². The predicted molar refractivity (Wildman–Crippen MR) is 130 cm³/mol. The lowest BCUT2D eigenvalue weighted by Gasteiger charge is -2.41. The molecule has 3 N–H and O–H groups in total. The molecule has 3 aromatic rings. The maximum Gasteiger partial charge on any atom is 0.419 e. The summed E-state index contributed by atoms with van der Waals surface area (Å²) in [5, 5.41) is 8.32. The highest BCUT2D eigenvalue weighted by Gasteiger charge is 2.35. The molecule has 2 aromatic carbocycles. The summed E-state index contributed by atoms with van der Waals surface area (Å²) in [4.78, 5) is 18.4. The molecule has 1 atom stereocenters. The average molecular weight is 499 g/mol. The van der Waals surface area contributed by atoms with E-state index in [2.05, 4.69) is 25.8 Å². The van der Waals surface area contributed by atoms with Crippen LogP contribution in [0.25, 0.3) is 0 Å². The highest BCUT2D eigenvalue weighted by Crippen LogP contribution is 2.40. The van der Waals surface area contributed by atoms with Crippen LogP contribution in [0.2, 0.25) is 0 Å². The third kappa shape index (κ3) is 4.74. The number of nitrogens with zero attached hydrogens (tertiary/aromatic N) is 2. The van der Waals surface area contributed by atoms with Crippen LogP contribution in [0.4, 0.5) is 41.7 Å². The fourth-order valence-corrected chi connectivity index (χ4v) is 4.31. The summed E-state index contributed by atoms with van der Waals surface area (Å²) >= 11 is 0. The van der Waals surface area contributed by atoms with Crippen LogP contribution in [0.5, 0.6) is 5.75 Å². The molecule has 0 radical (unpaired) electrons. The zero-order valence-corrected chi connectivity index (χ0v) is 19.4. The molecule has 5 rings (SSSR count). The summed E-state index contributed by atoms with van der Waals surface area (Å²) in [5.74, 6) is 0.460. The van der Waals surface area contributed by atoms with Crippen molar-refractivity contribution in [3.05, 3.63) is 65.9 Å². The minimum atomic E-state index is -4.65. The van der Waals surface area contributed by atoms with Gasteiger partial charge in [0.05, 0.1) is 47.4 Å². The second-order valence-electron chi connectivity index (χ2n) is 8.40. The Balaban J connectivity index is 1.44. The zero-order valence-electron chi connectivity index (χ0n) is 19.4. The first-order chi connectivity index (χ1) is 17.3. The van der Waals surface area contributed by atoms with E-state index in [0.29, 0.717) is 31.3 Å². The molecule has 0 bridgehead atoms. The monoisotopic (exact) mass is 499 g/mol. The molecule has 1 fully saturated rings. The van der Waals surface area contributed by atoms with E-state index in [4.69, 9.17) is 9.47 Å². The quantitative estimate of drug-likeness (QED) is 0.475. The van der Waals surface area contributed by atoms with E-state index in [1.54, 1.807) is 18.2 Å². The van der Waals surface area contributed by atoms with Crippen molar-refractivity contribution < 1.29 is 27.4 Å².